The van der Waals surface area contributed by atoms with Gasteiger partial charge < -0.3 is 21.3 Å². The standard InChI is InChI=1S/C14H18N2O8S/c1-8(15)13(20)24-14(25(21,22)23,9-5-3-2-4-6-9)12(19)10(16)7-11(17)18/h2-6,8,10H,7,15-16H2,1H3,(H,17,18)(H,21,22,23). The average Bonchev–Trinajstić information content (AvgIpc) is 2.50. The fourth-order valence-electron chi connectivity index (χ4n) is 2.00. The Hall–Kier alpha value is -2.34. The van der Waals surface area contributed by atoms with Crippen molar-refractivity contribution in [2.75, 3.05) is 0 Å². The number of carbonyl (C=O) groups excluding carboxylic acids is 2. The molecule has 0 radical (unpaired) electrons. The number of hydrogen-bond donors (Lipinski definition) is 4. The van der Waals surface area contributed by atoms with E-state index in [0.717, 1.165) is 12.1 Å². The van der Waals surface area contributed by atoms with Crippen LogP contribution in [0.4, 0.5) is 0 Å². The minimum atomic E-state index is -5.41. The third kappa shape index (κ3) is 4.39. The van der Waals surface area contributed by atoms with Crippen LogP contribution in [0.5, 0.6) is 0 Å². The van der Waals surface area contributed by atoms with Crippen molar-refractivity contribution in [2.24, 2.45) is 11.5 Å². The molecule has 0 amide bonds. The predicted octanol–water partition coefficient (Wildman–Crippen LogP) is -1.01. The first kappa shape index (κ1) is 20.7. The molecule has 0 saturated carbocycles. The second-order valence-electron chi connectivity index (χ2n) is 5.24. The molecule has 138 valence electrons. The molecule has 0 aliphatic rings. The van der Waals surface area contributed by atoms with Crippen molar-refractivity contribution >= 4 is 27.8 Å². The fraction of sp³-hybridized carbons (Fsp3) is 0.357. The number of benzene rings is 1. The highest BCUT2D eigenvalue weighted by atomic mass is 32.2. The lowest BCUT2D eigenvalue weighted by atomic mass is 9.98. The minimum Gasteiger partial charge on any atom is -0.481 e. The lowest BCUT2D eigenvalue weighted by Crippen LogP contribution is -2.55. The first-order valence-corrected chi connectivity index (χ1v) is 8.40. The van der Waals surface area contributed by atoms with Gasteiger partial charge in [0, 0.05) is 5.56 Å². The van der Waals surface area contributed by atoms with E-state index < -0.39 is 56.8 Å². The van der Waals surface area contributed by atoms with Gasteiger partial charge in [0.25, 0.3) is 0 Å². The zero-order chi connectivity index (χ0) is 19.4. The quantitative estimate of drug-likeness (QED) is 0.324. The molecule has 0 fully saturated rings. The third-order valence-corrected chi connectivity index (χ3v) is 4.44. The summed E-state index contributed by atoms with van der Waals surface area (Å²) in [4.78, 5) is 32.1. The lowest BCUT2D eigenvalue weighted by Gasteiger charge is -2.31. The van der Waals surface area contributed by atoms with Crippen LogP contribution in [0.15, 0.2) is 30.3 Å². The fourth-order valence-corrected chi connectivity index (χ4v) is 3.02. The Morgan fingerprint density at radius 3 is 2.12 bits per heavy atom. The Labute approximate surface area is 143 Å². The van der Waals surface area contributed by atoms with Gasteiger partial charge in [-0.2, -0.15) is 8.42 Å². The molecule has 0 aliphatic heterocycles. The Kier molecular flexibility index (Phi) is 6.37. The summed E-state index contributed by atoms with van der Waals surface area (Å²) in [6.45, 7) is 1.17. The van der Waals surface area contributed by atoms with Crippen molar-refractivity contribution in [3.8, 4) is 0 Å². The summed E-state index contributed by atoms with van der Waals surface area (Å²) in [5.74, 6) is -4.31. The molecule has 11 heteroatoms. The Morgan fingerprint density at radius 1 is 1.20 bits per heavy atom. The van der Waals surface area contributed by atoms with Crippen molar-refractivity contribution < 1.29 is 37.2 Å². The molecular weight excluding hydrogens is 356 g/mol. The van der Waals surface area contributed by atoms with E-state index in [1.165, 1.54) is 25.1 Å². The largest absolute Gasteiger partial charge is 0.481 e. The summed E-state index contributed by atoms with van der Waals surface area (Å²) in [5.41, 5.74) is 10.4. The molecule has 0 bridgehead atoms. The highest BCUT2D eigenvalue weighted by Gasteiger charge is 2.57. The van der Waals surface area contributed by atoms with Gasteiger partial charge in [-0.25, -0.2) is 0 Å². The van der Waals surface area contributed by atoms with Gasteiger partial charge in [0.05, 0.1) is 12.5 Å². The maximum absolute atomic E-state index is 12.7. The molecule has 10 nitrogen and oxygen atoms in total. The molecule has 0 spiro atoms. The predicted molar refractivity (Wildman–Crippen MR) is 84.6 cm³/mol. The number of ether oxygens (including phenoxy) is 1. The van der Waals surface area contributed by atoms with Crippen LogP contribution in [0.25, 0.3) is 0 Å². The SMILES string of the molecule is CC(N)C(=O)OC(C(=O)C(N)CC(=O)O)(c1ccccc1)S(=O)(=O)O. The molecule has 0 aromatic heterocycles. The van der Waals surface area contributed by atoms with Crippen LogP contribution >= 0.6 is 0 Å². The van der Waals surface area contributed by atoms with Gasteiger partial charge in [0.15, 0.2) is 0 Å². The molecule has 0 saturated heterocycles. The van der Waals surface area contributed by atoms with E-state index in [4.69, 9.17) is 21.3 Å². The molecule has 0 heterocycles. The maximum atomic E-state index is 12.7. The van der Waals surface area contributed by atoms with Gasteiger partial charge in [-0.05, 0) is 6.92 Å². The molecule has 3 unspecified atom stereocenters. The summed E-state index contributed by atoms with van der Waals surface area (Å²) in [6, 6.07) is 3.14. The normalized spacial score (nSPS) is 16.3. The van der Waals surface area contributed by atoms with Crippen molar-refractivity contribution in [2.45, 2.75) is 30.4 Å². The molecular formula is C14H18N2O8S. The summed E-state index contributed by atoms with van der Waals surface area (Å²) in [7, 11) is -5.41. The zero-order valence-corrected chi connectivity index (χ0v) is 14.0. The number of carbonyl (C=O) groups is 3. The molecule has 25 heavy (non-hydrogen) atoms. The highest BCUT2D eigenvalue weighted by Crippen LogP contribution is 2.34. The second-order valence-corrected chi connectivity index (χ2v) is 6.76. The molecule has 1 aromatic carbocycles. The van der Waals surface area contributed by atoms with Gasteiger partial charge >= 0.3 is 27.0 Å². The smallest absolute Gasteiger partial charge is 0.324 e. The minimum absolute atomic E-state index is 0.419. The van der Waals surface area contributed by atoms with Gasteiger partial charge in [-0.1, -0.05) is 30.3 Å². The summed E-state index contributed by atoms with van der Waals surface area (Å²) >= 11 is 0. The Bertz CT molecular complexity index is 762. The van der Waals surface area contributed by atoms with Crippen LogP contribution in [0.1, 0.15) is 18.9 Å². The van der Waals surface area contributed by atoms with E-state index >= 15 is 0 Å². The molecule has 3 atom stereocenters. The van der Waals surface area contributed by atoms with Crippen LogP contribution in [-0.2, 0) is 34.2 Å². The number of hydrogen-bond acceptors (Lipinski definition) is 8. The van der Waals surface area contributed by atoms with Gasteiger partial charge in [0.1, 0.15) is 6.04 Å². The lowest BCUT2D eigenvalue weighted by molar-refractivity contribution is -0.162. The van der Waals surface area contributed by atoms with E-state index in [0.29, 0.717) is 0 Å². The summed E-state index contributed by atoms with van der Waals surface area (Å²) < 4.78 is 38.6. The number of Topliss-reactive ketones (excluding diaryl/α,β-unsaturated/α-hetero) is 1. The van der Waals surface area contributed by atoms with Crippen molar-refractivity contribution in [3.63, 3.8) is 0 Å². The van der Waals surface area contributed by atoms with Crippen LogP contribution in [0, 0.1) is 0 Å². The van der Waals surface area contributed by atoms with Gasteiger partial charge in [-0.3, -0.25) is 18.9 Å². The molecule has 6 N–H and O–H groups in total. The van der Waals surface area contributed by atoms with E-state index in [1.54, 1.807) is 0 Å². The van der Waals surface area contributed by atoms with E-state index in [9.17, 15) is 27.4 Å². The number of aliphatic carboxylic acids is 1. The summed E-state index contributed by atoms with van der Waals surface area (Å²) in [6.07, 6.45) is -0.946. The van der Waals surface area contributed by atoms with Crippen molar-refractivity contribution in [1.82, 2.24) is 0 Å². The highest BCUT2D eigenvalue weighted by molar-refractivity contribution is 7.87. The van der Waals surface area contributed by atoms with Crippen LogP contribution in [0.2, 0.25) is 0 Å². The molecule has 0 aliphatic carbocycles. The Balaban J connectivity index is 3.65. The number of esters is 1. The first-order chi connectivity index (χ1) is 11.4. The maximum Gasteiger partial charge on any atom is 0.324 e. The van der Waals surface area contributed by atoms with Crippen molar-refractivity contribution in [1.29, 1.82) is 0 Å². The van der Waals surface area contributed by atoms with Gasteiger partial charge in [-0.15, -0.1) is 0 Å². The molecule has 1 rings (SSSR count). The number of carboxylic acids is 1. The first-order valence-electron chi connectivity index (χ1n) is 6.96. The number of carboxylic acid groups (broad SMARTS) is 1. The second kappa shape index (κ2) is 7.70. The monoisotopic (exact) mass is 374 g/mol. The number of ketones is 1. The van der Waals surface area contributed by atoms with Crippen LogP contribution in [-0.4, -0.2) is 47.9 Å². The number of nitrogens with two attached hydrogens (primary N) is 2. The van der Waals surface area contributed by atoms with E-state index in [1.807, 2.05) is 0 Å². The average molecular weight is 374 g/mol. The Morgan fingerprint density at radius 2 is 1.72 bits per heavy atom. The van der Waals surface area contributed by atoms with Crippen LogP contribution in [0.3, 0.4) is 0 Å². The summed E-state index contributed by atoms with van der Waals surface area (Å²) in [5, 5.41) is 8.77. The number of rotatable bonds is 8. The zero-order valence-electron chi connectivity index (χ0n) is 13.2. The van der Waals surface area contributed by atoms with E-state index in [-0.39, 0.29) is 0 Å². The van der Waals surface area contributed by atoms with E-state index in [2.05, 4.69) is 0 Å². The topological polar surface area (TPSA) is 187 Å². The molecule has 1 aromatic rings. The third-order valence-electron chi connectivity index (χ3n) is 3.19. The van der Waals surface area contributed by atoms with Crippen LogP contribution < -0.4 is 11.5 Å². The van der Waals surface area contributed by atoms with Gasteiger partial charge in [0.2, 0.25) is 5.78 Å². The van der Waals surface area contributed by atoms with Crippen molar-refractivity contribution in [3.05, 3.63) is 35.9 Å².